The molecule has 4 N–H and O–H groups in total. The van der Waals surface area contributed by atoms with Crippen molar-refractivity contribution in [1.82, 2.24) is 15.5 Å². The third-order valence-electron chi connectivity index (χ3n) is 2.78. The van der Waals surface area contributed by atoms with Gasteiger partial charge in [-0.2, -0.15) is 5.10 Å². The molecule has 2 rings (SSSR count). The second kappa shape index (κ2) is 6.11. The van der Waals surface area contributed by atoms with E-state index in [0.29, 0.717) is 23.7 Å². The number of nitrogens with zero attached hydrogens (tertiary/aromatic N) is 1. The summed E-state index contributed by atoms with van der Waals surface area (Å²) in [6.45, 7) is 5.92. The van der Waals surface area contributed by atoms with Crippen LogP contribution in [0.1, 0.15) is 30.1 Å². The first-order valence-corrected chi connectivity index (χ1v) is 6.06. The molecule has 0 aliphatic carbocycles. The van der Waals surface area contributed by atoms with E-state index in [1.807, 2.05) is 32.9 Å². The van der Waals surface area contributed by atoms with Crippen LogP contribution in [0.5, 0.6) is 0 Å². The van der Waals surface area contributed by atoms with Gasteiger partial charge in [-0.3, -0.25) is 9.89 Å². The van der Waals surface area contributed by atoms with Gasteiger partial charge in [0.05, 0.1) is 0 Å². The third kappa shape index (κ3) is 3.61. The van der Waals surface area contributed by atoms with E-state index in [0.717, 1.165) is 5.76 Å². The van der Waals surface area contributed by atoms with Gasteiger partial charge in [0.25, 0.3) is 5.91 Å². The fraction of sp³-hybridized carbons (Fsp3) is 0.385. The van der Waals surface area contributed by atoms with Crippen molar-refractivity contribution in [3.05, 3.63) is 29.7 Å². The minimum Gasteiger partial charge on any atom is -0.460 e. The maximum absolute atomic E-state index is 12.0. The number of nitrogens with one attached hydrogen (secondary N) is 2. The van der Waals surface area contributed by atoms with Crippen LogP contribution in [0, 0.1) is 6.92 Å². The van der Waals surface area contributed by atoms with Crippen molar-refractivity contribution in [2.45, 2.75) is 26.3 Å². The van der Waals surface area contributed by atoms with Gasteiger partial charge in [-0.1, -0.05) is 0 Å². The Kier molecular flexibility index (Phi) is 4.97. The molecule has 0 bridgehead atoms. The second-order valence-electron chi connectivity index (χ2n) is 5.12. The van der Waals surface area contributed by atoms with E-state index in [9.17, 15) is 4.79 Å². The summed E-state index contributed by atoms with van der Waals surface area (Å²) in [6, 6.07) is 5.34. The number of rotatable bonds is 4. The van der Waals surface area contributed by atoms with E-state index in [1.54, 1.807) is 6.07 Å². The van der Waals surface area contributed by atoms with Gasteiger partial charge in [0.15, 0.2) is 11.5 Å². The number of nitrogens with two attached hydrogens (primary N) is 1. The summed E-state index contributed by atoms with van der Waals surface area (Å²) in [7, 11) is 0. The topological polar surface area (TPSA) is 96.9 Å². The highest BCUT2D eigenvalue weighted by atomic mass is 35.5. The first-order chi connectivity index (χ1) is 8.91. The molecule has 0 unspecified atom stereocenters. The molecule has 0 aliphatic heterocycles. The van der Waals surface area contributed by atoms with E-state index in [1.165, 1.54) is 0 Å². The summed E-state index contributed by atoms with van der Waals surface area (Å²) in [4.78, 5) is 12.0. The molecule has 1 amide bonds. The lowest BCUT2D eigenvalue weighted by Crippen LogP contribution is -2.48. The molecule has 0 saturated carbocycles. The van der Waals surface area contributed by atoms with Crippen LogP contribution in [-0.2, 0) is 0 Å². The van der Waals surface area contributed by atoms with Crippen LogP contribution < -0.4 is 11.1 Å². The number of halogens is 1. The number of hydrogen-bond donors (Lipinski definition) is 3. The number of amides is 1. The SMILES string of the molecule is Cc1ccc(-c2cc(C(=O)NC(C)(C)CN)n[nH]2)o1.Cl. The van der Waals surface area contributed by atoms with Crippen LogP contribution in [-0.4, -0.2) is 28.2 Å². The molecule has 2 heterocycles. The molecular weight excluding hydrogens is 280 g/mol. The lowest BCUT2D eigenvalue weighted by atomic mass is 10.1. The monoisotopic (exact) mass is 298 g/mol. The maximum atomic E-state index is 12.0. The van der Waals surface area contributed by atoms with Gasteiger partial charge in [0.2, 0.25) is 0 Å². The Morgan fingerprint density at radius 2 is 2.20 bits per heavy atom. The number of furan rings is 1. The van der Waals surface area contributed by atoms with Crippen molar-refractivity contribution >= 4 is 18.3 Å². The van der Waals surface area contributed by atoms with Crippen LogP contribution in [0.4, 0.5) is 0 Å². The Balaban J connectivity index is 0.00000200. The van der Waals surface area contributed by atoms with E-state index in [2.05, 4.69) is 15.5 Å². The molecule has 0 aromatic carbocycles. The van der Waals surface area contributed by atoms with Gasteiger partial charge >= 0.3 is 0 Å². The van der Waals surface area contributed by atoms with Gasteiger partial charge in [-0.05, 0) is 32.9 Å². The first kappa shape index (κ1) is 16.3. The minimum atomic E-state index is -0.461. The Bertz CT molecular complexity index is 589. The van der Waals surface area contributed by atoms with E-state index in [4.69, 9.17) is 10.2 Å². The van der Waals surface area contributed by atoms with Crippen molar-refractivity contribution in [3.63, 3.8) is 0 Å². The van der Waals surface area contributed by atoms with Crippen LogP contribution in [0.2, 0.25) is 0 Å². The van der Waals surface area contributed by atoms with Gasteiger partial charge in [-0.25, -0.2) is 0 Å². The molecule has 0 spiro atoms. The quantitative estimate of drug-likeness (QED) is 0.802. The summed E-state index contributed by atoms with van der Waals surface area (Å²) < 4.78 is 5.46. The molecule has 6 nitrogen and oxygen atoms in total. The van der Waals surface area contributed by atoms with Gasteiger partial charge in [0, 0.05) is 18.2 Å². The summed E-state index contributed by atoms with van der Waals surface area (Å²) >= 11 is 0. The van der Waals surface area contributed by atoms with E-state index in [-0.39, 0.29) is 18.3 Å². The number of carbonyl (C=O) groups is 1. The number of aryl methyl sites for hydroxylation is 1. The third-order valence-corrected chi connectivity index (χ3v) is 2.78. The largest absolute Gasteiger partial charge is 0.460 e. The van der Waals surface area contributed by atoms with Gasteiger partial charge < -0.3 is 15.5 Å². The average Bonchev–Trinajstić information content (AvgIpc) is 2.96. The predicted octanol–water partition coefficient (Wildman–Crippen LogP) is 1.87. The highest BCUT2D eigenvalue weighted by Gasteiger charge is 2.21. The normalized spacial score (nSPS) is 11.0. The van der Waals surface area contributed by atoms with Gasteiger partial charge in [-0.15, -0.1) is 12.4 Å². The minimum absolute atomic E-state index is 0. The molecule has 20 heavy (non-hydrogen) atoms. The van der Waals surface area contributed by atoms with Crippen LogP contribution in [0.25, 0.3) is 11.5 Å². The summed E-state index contributed by atoms with van der Waals surface area (Å²) in [6.07, 6.45) is 0. The molecular formula is C13H19ClN4O2. The molecule has 0 atom stereocenters. The second-order valence-corrected chi connectivity index (χ2v) is 5.12. The van der Waals surface area contributed by atoms with Crippen molar-refractivity contribution in [3.8, 4) is 11.5 Å². The number of hydrogen-bond acceptors (Lipinski definition) is 4. The number of carbonyl (C=O) groups excluding carboxylic acids is 1. The van der Waals surface area contributed by atoms with Crippen LogP contribution >= 0.6 is 12.4 Å². The van der Waals surface area contributed by atoms with Crippen LogP contribution in [0.3, 0.4) is 0 Å². The van der Waals surface area contributed by atoms with E-state index < -0.39 is 5.54 Å². The summed E-state index contributed by atoms with van der Waals surface area (Å²) in [5.41, 5.74) is 6.09. The predicted molar refractivity (Wildman–Crippen MR) is 78.9 cm³/mol. The Morgan fingerprint density at radius 3 is 2.75 bits per heavy atom. The maximum Gasteiger partial charge on any atom is 0.272 e. The van der Waals surface area contributed by atoms with Crippen molar-refractivity contribution in [2.24, 2.45) is 5.73 Å². The van der Waals surface area contributed by atoms with Crippen molar-refractivity contribution in [1.29, 1.82) is 0 Å². The standard InChI is InChI=1S/C13H18N4O2.ClH/c1-8-4-5-11(19-8)9-6-10(17-16-9)12(18)15-13(2,3)7-14;/h4-6H,7,14H2,1-3H3,(H,15,18)(H,16,17);1H. The zero-order valence-corrected chi connectivity index (χ0v) is 12.5. The van der Waals surface area contributed by atoms with Gasteiger partial charge in [0.1, 0.15) is 11.5 Å². The molecule has 110 valence electrons. The molecule has 7 heteroatoms. The lowest BCUT2D eigenvalue weighted by molar-refractivity contribution is 0.0910. The van der Waals surface area contributed by atoms with Crippen molar-refractivity contribution < 1.29 is 9.21 Å². The molecule has 2 aromatic rings. The fourth-order valence-electron chi connectivity index (χ4n) is 1.57. The summed E-state index contributed by atoms with van der Waals surface area (Å²) in [5, 5.41) is 9.58. The Labute approximate surface area is 123 Å². The lowest BCUT2D eigenvalue weighted by Gasteiger charge is -2.23. The van der Waals surface area contributed by atoms with Crippen LogP contribution in [0.15, 0.2) is 22.6 Å². The number of H-pyrrole nitrogens is 1. The Hall–Kier alpha value is -1.79. The smallest absolute Gasteiger partial charge is 0.272 e. The zero-order chi connectivity index (χ0) is 14.0. The average molecular weight is 299 g/mol. The first-order valence-electron chi connectivity index (χ1n) is 6.06. The summed E-state index contributed by atoms with van der Waals surface area (Å²) in [5.74, 6) is 1.20. The fourth-order valence-corrected chi connectivity index (χ4v) is 1.57. The molecule has 0 radical (unpaired) electrons. The molecule has 2 aromatic heterocycles. The molecule has 0 aliphatic rings. The number of aromatic nitrogens is 2. The molecule has 0 saturated heterocycles. The van der Waals surface area contributed by atoms with E-state index >= 15 is 0 Å². The highest BCUT2D eigenvalue weighted by Crippen LogP contribution is 2.20. The zero-order valence-electron chi connectivity index (χ0n) is 11.7. The highest BCUT2D eigenvalue weighted by molar-refractivity contribution is 5.93. The molecule has 0 fully saturated rings. The Morgan fingerprint density at radius 1 is 1.50 bits per heavy atom. The number of aromatic amines is 1. The van der Waals surface area contributed by atoms with Crippen molar-refractivity contribution in [2.75, 3.05) is 6.54 Å².